The summed E-state index contributed by atoms with van der Waals surface area (Å²) in [5, 5.41) is 1.35. The average molecular weight is 279 g/mol. The summed E-state index contributed by atoms with van der Waals surface area (Å²) in [5.41, 5.74) is 0. The second kappa shape index (κ2) is 4.71. The van der Waals surface area contributed by atoms with Crippen molar-refractivity contribution in [2.75, 3.05) is 32.7 Å². The van der Waals surface area contributed by atoms with Gasteiger partial charge in [0.15, 0.2) is 0 Å². The predicted octanol–water partition coefficient (Wildman–Crippen LogP) is -1.09. The van der Waals surface area contributed by atoms with E-state index in [9.17, 15) is 21.9 Å². The Morgan fingerprint density at radius 1 is 1.28 bits per heavy atom. The zero-order valence-electron chi connectivity index (χ0n) is 9.63. The van der Waals surface area contributed by atoms with Gasteiger partial charge in [-0.15, -0.1) is 3.89 Å². The molecular formula is C9H14FN3O4S. The molecule has 102 valence electrons. The molecule has 0 aliphatic carbocycles. The Bertz CT molecular complexity index is 466. The van der Waals surface area contributed by atoms with E-state index in [1.165, 1.54) is 9.80 Å². The second-order valence-electron chi connectivity index (χ2n) is 4.36. The highest BCUT2D eigenvalue weighted by molar-refractivity contribution is 7.87. The van der Waals surface area contributed by atoms with Crippen molar-refractivity contribution < 1.29 is 21.9 Å². The van der Waals surface area contributed by atoms with Crippen molar-refractivity contribution >= 4 is 22.2 Å². The van der Waals surface area contributed by atoms with Crippen LogP contribution in [0.15, 0.2) is 0 Å². The van der Waals surface area contributed by atoms with E-state index < -0.39 is 15.5 Å². The number of hydrogen-bond donors (Lipinski definition) is 1. The van der Waals surface area contributed by atoms with Crippen LogP contribution >= 0.6 is 0 Å². The normalized spacial score (nSPS) is 24.8. The lowest BCUT2D eigenvalue weighted by atomic mass is 10.4. The third-order valence-electron chi connectivity index (χ3n) is 3.16. The summed E-state index contributed by atoms with van der Waals surface area (Å²) in [5.74, 6) is -0.388. The third kappa shape index (κ3) is 2.71. The van der Waals surface area contributed by atoms with Gasteiger partial charge in [0.05, 0.1) is 0 Å². The SMILES string of the molecule is O=C1CC(S(=O)(=O)F)CN1CCN1CCNC1=O. The molecule has 0 aromatic rings. The first-order chi connectivity index (χ1) is 8.38. The van der Waals surface area contributed by atoms with Gasteiger partial charge in [0, 0.05) is 39.1 Å². The van der Waals surface area contributed by atoms with Gasteiger partial charge in [-0.05, 0) is 0 Å². The molecule has 0 saturated carbocycles. The van der Waals surface area contributed by atoms with Crippen LogP contribution < -0.4 is 5.32 Å². The smallest absolute Gasteiger partial charge is 0.317 e. The molecule has 2 heterocycles. The summed E-state index contributed by atoms with van der Waals surface area (Å²) in [6.45, 7) is 1.56. The molecule has 0 aromatic heterocycles. The Morgan fingerprint density at radius 3 is 2.44 bits per heavy atom. The van der Waals surface area contributed by atoms with Gasteiger partial charge in [-0.1, -0.05) is 0 Å². The van der Waals surface area contributed by atoms with E-state index in [-0.39, 0.29) is 31.4 Å². The fourth-order valence-electron chi connectivity index (χ4n) is 2.11. The molecule has 0 bridgehead atoms. The highest BCUT2D eigenvalue weighted by atomic mass is 32.3. The highest BCUT2D eigenvalue weighted by Gasteiger charge is 2.38. The standard InChI is InChI=1S/C9H14FN3O4S/c10-18(16,17)7-5-8(14)13(6-7)4-3-12-2-1-11-9(12)15/h7H,1-6H2,(H,11,15). The van der Waals surface area contributed by atoms with Gasteiger partial charge in [-0.25, -0.2) is 4.79 Å². The second-order valence-corrected chi connectivity index (χ2v) is 5.98. The number of rotatable bonds is 4. The fourth-order valence-corrected chi connectivity index (χ4v) is 2.81. The third-order valence-corrected chi connectivity index (χ3v) is 4.27. The molecule has 1 atom stereocenters. The van der Waals surface area contributed by atoms with Crippen LogP contribution in [-0.4, -0.2) is 68.1 Å². The lowest BCUT2D eigenvalue weighted by Crippen LogP contribution is -2.38. The highest BCUT2D eigenvalue weighted by Crippen LogP contribution is 2.19. The van der Waals surface area contributed by atoms with Crippen LogP contribution in [0.5, 0.6) is 0 Å². The minimum Gasteiger partial charge on any atom is -0.339 e. The summed E-state index contributed by atoms with van der Waals surface area (Å²) >= 11 is 0. The molecule has 18 heavy (non-hydrogen) atoms. The molecule has 2 fully saturated rings. The maximum Gasteiger partial charge on any atom is 0.317 e. The van der Waals surface area contributed by atoms with Gasteiger partial charge in [0.25, 0.3) is 0 Å². The molecule has 7 nitrogen and oxygen atoms in total. The van der Waals surface area contributed by atoms with Crippen molar-refractivity contribution in [2.45, 2.75) is 11.7 Å². The van der Waals surface area contributed by atoms with Gasteiger partial charge >= 0.3 is 16.3 Å². The molecule has 2 saturated heterocycles. The van der Waals surface area contributed by atoms with E-state index in [1.54, 1.807) is 0 Å². The first-order valence-corrected chi connectivity index (χ1v) is 7.06. The van der Waals surface area contributed by atoms with Crippen LogP contribution in [0.25, 0.3) is 0 Å². The molecule has 2 aliphatic rings. The minimum atomic E-state index is -4.67. The van der Waals surface area contributed by atoms with Crippen LogP contribution in [0.4, 0.5) is 8.68 Å². The topological polar surface area (TPSA) is 86.8 Å². The molecule has 1 unspecified atom stereocenters. The van der Waals surface area contributed by atoms with Crippen molar-refractivity contribution in [3.05, 3.63) is 0 Å². The Morgan fingerprint density at radius 2 is 1.94 bits per heavy atom. The van der Waals surface area contributed by atoms with Crippen LogP contribution in [0.3, 0.4) is 0 Å². The Hall–Kier alpha value is -1.38. The summed E-state index contributed by atoms with van der Waals surface area (Å²) in [6.07, 6.45) is -0.314. The van der Waals surface area contributed by atoms with Crippen LogP contribution in [0.2, 0.25) is 0 Å². The molecule has 0 spiro atoms. The molecule has 0 aromatic carbocycles. The monoisotopic (exact) mass is 279 g/mol. The molecule has 3 amide bonds. The van der Waals surface area contributed by atoms with E-state index in [0.717, 1.165) is 0 Å². The molecular weight excluding hydrogens is 265 g/mol. The van der Waals surface area contributed by atoms with Gasteiger partial charge < -0.3 is 15.1 Å². The first kappa shape index (κ1) is 13.1. The molecule has 2 rings (SSSR count). The minimum absolute atomic E-state index is 0.132. The van der Waals surface area contributed by atoms with Gasteiger partial charge in [-0.3, -0.25) is 4.79 Å². The maximum atomic E-state index is 12.8. The van der Waals surface area contributed by atoms with Crippen LogP contribution in [0.1, 0.15) is 6.42 Å². The van der Waals surface area contributed by atoms with Crippen molar-refractivity contribution in [2.24, 2.45) is 0 Å². The quantitative estimate of drug-likeness (QED) is 0.663. The lowest BCUT2D eigenvalue weighted by molar-refractivity contribution is -0.127. The van der Waals surface area contributed by atoms with Crippen molar-refractivity contribution in [3.8, 4) is 0 Å². The van der Waals surface area contributed by atoms with E-state index in [4.69, 9.17) is 0 Å². The number of halogens is 1. The van der Waals surface area contributed by atoms with E-state index in [1.807, 2.05) is 0 Å². The summed E-state index contributed by atoms with van der Waals surface area (Å²) in [7, 11) is -4.67. The number of likely N-dealkylation sites (tertiary alicyclic amines) is 1. The van der Waals surface area contributed by atoms with Crippen LogP contribution in [0, 0.1) is 0 Å². The molecule has 1 N–H and O–H groups in total. The average Bonchev–Trinajstić information content (AvgIpc) is 2.82. The Labute approximate surface area is 104 Å². The van der Waals surface area contributed by atoms with Crippen molar-refractivity contribution in [1.82, 2.24) is 15.1 Å². The lowest BCUT2D eigenvalue weighted by Gasteiger charge is -2.20. The number of carbonyl (C=O) groups excluding carboxylic acids is 2. The van der Waals surface area contributed by atoms with Gasteiger partial charge in [0.1, 0.15) is 5.25 Å². The summed E-state index contributed by atoms with van der Waals surface area (Å²) in [4.78, 5) is 25.6. The number of amides is 3. The number of urea groups is 1. The molecule has 0 radical (unpaired) electrons. The van der Waals surface area contributed by atoms with Gasteiger partial charge in [-0.2, -0.15) is 8.42 Å². The Kier molecular flexibility index (Phi) is 3.42. The predicted molar refractivity (Wildman–Crippen MR) is 60.0 cm³/mol. The van der Waals surface area contributed by atoms with Crippen molar-refractivity contribution in [1.29, 1.82) is 0 Å². The maximum absolute atomic E-state index is 12.8. The van der Waals surface area contributed by atoms with E-state index in [0.29, 0.717) is 19.6 Å². The van der Waals surface area contributed by atoms with Gasteiger partial charge in [0.2, 0.25) is 5.91 Å². The molecule has 2 aliphatic heterocycles. The molecule has 9 heteroatoms. The number of hydrogen-bond acceptors (Lipinski definition) is 4. The first-order valence-electron chi connectivity index (χ1n) is 5.62. The largest absolute Gasteiger partial charge is 0.339 e. The van der Waals surface area contributed by atoms with E-state index in [2.05, 4.69) is 5.32 Å². The number of nitrogens with zero attached hydrogens (tertiary/aromatic N) is 2. The van der Waals surface area contributed by atoms with Crippen LogP contribution in [-0.2, 0) is 15.0 Å². The summed E-state index contributed by atoms with van der Waals surface area (Å²) in [6, 6.07) is -0.198. The van der Waals surface area contributed by atoms with E-state index >= 15 is 0 Å². The number of nitrogens with one attached hydrogen (secondary N) is 1. The zero-order chi connectivity index (χ0) is 13.3. The summed E-state index contributed by atoms with van der Waals surface area (Å²) < 4.78 is 34.2. The Balaban J connectivity index is 1.87. The van der Waals surface area contributed by atoms with Crippen molar-refractivity contribution in [3.63, 3.8) is 0 Å². The zero-order valence-corrected chi connectivity index (χ0v) is 10.5. The fraction of sp³-hybridized carbons (Fsp3) is 0.778. The number of carbonyl (C=O) groups is 2.